The molecule has 3 rings (SSSR count). The summed E-state index contributed by atoms with van der Waals surface area (Å²) in [6.45, 7) is 3.67. The van der Waals surface area contributed by atoms with E-state index in [0.717, 1.165) is 6.42 Å². The van der Waals surface area contributed by atoms with Gasteiger partial charge in [0.1, 0.15) is 6.54 Å². The highest BCUT2D eigenvalue weighted by Gasteiger charge is 2.34. The van der Waals surface area contributed by atoms with Crippen LogP contribution in [-0.4, -0.2) is 73.2 Å². The van der Waals surface area contributed by atoms with Crippen molar-refractivity contribution in [3.8, 4) is 0 Å². The van der Waals surface area contributed by atoms with Crippen molar-refractivity contribution in [3.05, 3.63) is 21.9 Å². The van der Waals surface area contributed by atoms with Crippen LogP contribution in [0.4, 0.5) is 13.2 Å². The van der Waals surface area contributed by atoms with E-state index in [9.17, 15) is 18.0 Å². The maximum Gasteiger partial charge on any atom is 0.401 e. The predicted octanol–water partition coefficient (Wildman–Crippen LogP) is 2.44. The summed E-state index contributed by atoms with van der Waals surface area (Å²) >= 11 is 1.73. The van der Waals surface area contributed by atoms with Crippen LogP contribution in [0.1, 0.15) is 23.8 Å². The van der Waals surface area contributed by atoms with Crippen molar-refractivity contribution in [2.45, 2.75) is 38.5 Å². The SMILES string of the molecule is CCNC(=NCC(=O)N1CCc2sccc2C1)NC1CCN(CC(F)(F)F)C1.I. The zero-order valence-electron chi connectivity index (χ0n) is 16.3. The van der Waals surface area contributed by atoms with Crippen LogP contribution in [0.5, 0.6) is 0 Å². The molecule has 0 saturated carbocycles. The molecule has 164 valence electrons. The van der Waals surface area contributed by atoms with Crippen molar-refractivity contribution >= 4 is 47.2 Å². The van der Waals surface area contributed by atoms with Gasteiger partial charge in [-0.3, -0.25) is 9.69 Å². The van der Waals surface area contributed by atoms with E-state index in [4.69, 9.17) is 0 Å². The third-order valence-corrected chi connectivity index (χ3v) is 5.92. The number of carbonyl (C=O) groups is 1. The third-order valence-electron chi connectivity index (χ3n) is 4.89. The number of carbonyl (C=O) groups excluding carboxylic acids is 1. The van der Waals surface area contributed by atoms with E-state index >= 15 is 0 Å². The lowest BCUT2D eigenvalue weighted by atomic mass is 10.1. The normalized spacial score (nSPS) is 20.2. The average Bonchev–Trinajstić information content (AvgIpc) is 3.26. The number of thiophene rings is 1. The minimum atomic E-state index is -4.18. The largest absolute Gasteiger partial charge is 0.401 e. The molecular formula is C18H27F3IN5OS. The highest BCUT2D eigenvalue weighted by Crippen LogP contribution is 2.24. The first-order valence-corrected chi connectivity index (χ1v) is 10.4. The van der Waals surface area contributed by atoms with Gasteiger partial charge < -0.3 is 15.5 Å². The Morgan fingerprint density at radius 1 is 1.38 bits per heavy atom. The summed E-state index contributed by atoms with van der Waals surface area (Å²) in [5.41, 5.74) is 1.20. The summed E-state index contributed by atoms with van der Waals surface area (Å²) in [4.78, 5) is 21.4. The zero-order chi connectivity index (χ0) is 20.1. The molecular weight excluding hydrogens is 518 g/mol. The fourth-order valence-corrected chi connectivity index (χ4v) is 4.46. The van der Waals surface area contributed by atoms with Gasteiger partial charge in [-0.2, -0.15) is 13.2 Å². The van der Waals surface area contributed by atoms with Gasteiger partial charge in [0.05, 0.1) is 6.54 Å². The molecule has 0 radical (unpaired) electrons. The Morgan fingerprint density at radius 3 is 2.90 bits per heavy atom. The summed E-state index contributed by atoms with van der Waals surface area (Å²) in [7, 11) is 0. The van der Waals surface area contributed by atoms with Gasteiger partial charge in [-0.05, 0) is 36.8 Å². The van der Waals surface area contributed by atoms with Crippen LogP contribution < -0.4 is 10.6 Å². The number of hydrogen-bond donors (Lipinski definition) is 2. The number of aliphatic imine (C=N–C) groups is 1. The van der Waals surface area contributed by atoms with Crippen LogP contribution >= 0.6 is 35.3 Å². The zero-order valence-corrected chi connectivity index (χ0v) is 19.4. The lowest BCUT2D eigenvalue weighted by Gasteiger charge is -2.26. The van der Waals surface area contributed by atoms with Gasteiger partial charge in [-0.25, -0.2) is 4.99 Å². The Balaban J connectivity index is 0.00000300. The van der Waals surface area contributed by atoms with Gasteiger partial charge in [0.15, 0.2) is 5.96 Å². The van der Waals surface area contributed by atoms with Gasteiger partial charge in [-0.15, -0.1) is 35.3 Å². The van der Waals surface area contributed by atoms with E-state index in [1.807, 2.05) is 17.2 Å². The molecule has 29 heavy (non-hydrogen) atoms. The van der Waals surface area contributed by atoms with Crippen LogP contribution in [0.25, 0.3) is 0 Å². The van der Waals surface area contributed by atoms with Crippen LogP contribution in [-0.2, 0) is 17.8 Å². The van der Waals surface area contributed by atoms with Crippen molar-refractivity contribution < 1.29 is 18.0 Å². The van der Waals surface area contributed by atoms with Gasteiger partial charge in [0.25, 0.3) is 0 Å². The number of hydrogen-bond acceptors (Lipinski definition) is 4. The lowest BCUT2D eigenvalue weighted by Crippen LogP contribution is -2.46. The number of fused-ring (bicyclic) bond motifs is 1. The standard InChI is InChI=1S/C18H26F3N5OS.HI/c1-2-22-17(24-14-3-6-25(11-14)12-18(19,20)21)23-9-16(27)26-7-4-15-13(10-26)5-8-28-15;/h5,8,14H,2-4,6-7,9-12H2,1H3,(H2,22,23,24);1H. The Kier molecular flexibility index (Phi) is 9.01. The summed E-state index contributed by atoms with van der Waals surface area (Å²) < 4.78 is 37.6. The molecule has 1 atom stereocenters. The number of rotatable bonds is 5. The maximum atomic E-state index is 12.5. The molecule has 0 aromatic carbocycles. The molecule has 1 aromatic heterocycles. The molecule has 3 heterocycles. The third kappa shape index (κ3) is 7.28. The van der Waals surface area contributed by atoms with Gasteiger partial charge in [-0.1, -0.05) is 0 Å². The molecule has 1 aromatic rings. The lowest BCUT2D eigenvalue weighted by molar-refractivity contribution is -0.143. The molecule has 1 saturated heterocycles. The molecule has 2 N–H and O–H groups in total. The number of guanidine groups is 1. The molecule has 1 unspecified atom stereocenters. The number of amides is 1. The highest BCUT2D eigenvalue weighted by molar-refractivity contribution is 14.0. The summed E-state index contributed by atoms with van der Waals surface area (Å²) in [6.07, 6.45) is -2.70. The number of alkyl halides is 3. The molecule has 1 amide bonds. The fourth-order valence-electron chi connectivity index (χ4n) is 3.57. The van der Waals surface area contributed by atoms with Crippen LogP contribution in [0.15, 0.2) is 16.4 Å². The molecule has 2 aliphatic rings. The molecule has 11 heteroatoms. The van der Waals surface area contributed by atoms with Crippen molar-refractivity contribution in [3.63, 3.8) is 0 Å². The van der Waals surface area contributed by atoms with Gasteiger partial charge in [0, 0.05) is 43.6 Å². The molecule has 0 spiro atoms. The second-order valence-electron chi connectivity index (χ2n) is 7.11. The summed E-state index contributed by atoms with van der Waals surface area (Å²) in [6, 6.07) is 1.94. The van der Waals surface area contributed by atoms with E-state index in [1.165, 1.54) is 15.3 Å². The topological polar surface area (TPSA) is 60.0 Å². The molecule has 2 aliphatic heterocycles. The first kappa shape index (κ1) is 24.2. The Hall–Kier alpha value is -1.08. The molecule has 0 aliphatic carbocycles. The highest BCUT2D eigenvalue weighted by atomic mass is 127. The summed E-state index contributed by atoms with van der Waals surface area (Å²) in [5, 5.41) is 8.28. The number of likely N-dealkylation sites (tertiary alicyclic amines) is 1. The molecule has 0 bridgehead atoms. The van der Waals surface area contributed by atoms with E-state index in [-0.39, 0.29) is 42.5 Å². The molecule has 6 nitrogen and oxygen atoms in total. The number of nitrogens with zero attached hydrogens (tertiary/aromatic N) is 3. The van der Waals surface area contributed by atoms with Crippen molar-refractivity contribution in [1.29, 1.82) is 0 Å². The summed E-state index contributed by atoms with van der Waals surface area (Å²) in [5.74, 6) is 0.433. The maximum absolute atomic E-state index is 12.5. The van der Waals surface area contributed by atoms with Gasteiger partial charge in [0.2, 0.25) is 5.91 Å². The van der Waals surface area contributed by atoms with Gasteiger partial charge >= 0.3 is 6.18 Å². The number of halogens is 4. The van der Waals surface area contributed by atoms with E-state index in [2.05, 4.69) is 21.7 Å². The molecule has 1 fully saturated rings. The monoisotopic (exact) mass is 545 g/mol. The second kappa shape index (κ2) is 10.8. The minimum absolute atomic E-state index is 0. The average molecular weight is 545 g/mol. The second-order valence-corrected chi connectivity index (χ2v) is 8.11. The predicted molar refractivity (Wildman–Crippen MR) is 119 cm³/mol. The Bertz CT molecular complexity index is 712. The van der Waals surface area contributed by atoms with Crippen molar-refractivity contribution in [2.75, 3.05) is 39.3 Å². The van der Waals surface area contributed by atoms with E-state index in [0.29, 0.717) is 45.1 Å². The van der Waals surface area contributed by atoms with Crippen LogP contribution in [0.3, 0.4) is 0 Å². The fraction of sp³-hybridized carbons (Fsp3) is 0.667. The van der Waals surface area contributed by atoms with Crippen molar-refractivity contribution in [2.24, 2.45) is 4.99 Å². The van der Waals surface area contributed by atoms with Crippen LogP contribution in [0, 0.1) is 0 Å². The minimum Gasteiger partial charge on any atom is -0.357 e. The smallest absolute Gasteiger partial charge is 0.357 e. The Labute approximate surface area is 189 Å². The first-order valence-electron chi connectivity index (χ1n) is 9.51. The Morgan fingerprint density at radius 2 is 2.17 bits per heavy atom. The van der Waals surface area contributed by atoms with E-state index < -0.39 is 12.7 Å². The first-order chi connectivity index (χ1) is 13.3. The number of nitrogens with one attached hydrogen (secondary N) is 2. The van der Waals surface area contributed by atoms with Crippen LogP contribution in [0.2, 0.25) is 0 Å². The van der Waals surface area contributed by atoms with Crippen molar-refractivity contribution in [1.82, 2.24) is 20.4 Å². The van der Waals surface area contributed by atoms with E-state index in [1.54, 1.807) is 11.3 Å². The quantitative estimate of drug-likeness (QED) is 0.339.